The first-order valence-corrected chi connectivity index (χ1v) is 9.51. The molecule has 0 atom stereocenters. The predicted octanol–water partition coefficient (Wildman–Crippen LogP) is 3.75. The van der Waals surface area contributed by atoms with Crippen molar-refractivity contribution in [3.63, 3.8) is 0 Å². The average Bonchev–Trinajstić information content (AvgIpc) is 2.49. The highest BCUT2D eigenvalue weighted by atomic mass is 32.2. The summed E-state index contributed by atoms with van der Waals surface area (Å²) in [6, 6.07) is 0. The van der Waals surface area contributed by atoms with Gasteiger partial charge in [0.05, 0.1) is 17.5 Å². The molecule has 1 saturated heterocycles. The van der Waals surface area contributed by atoms with Gasteiger partial charge in [-0.05, 0) is 30.8 Å². The van der Waals surface area contributed by atoms with E-state index in [1.165, 1.54) is 0 Å². The number of esters is 2. The van der Waals surface area contributed by atoms with Crippen LogP contribution in [0.2, 0.25) is 0 Å². The molecule has 0 radical (unpaired) electrons. The lowest BCUT2D eigenvalue weighted by Crippen LogP contribution is -2.21. The van der Waals surface area contributed by atoms with Crippen molar-refractivity contribution in [2.24, 2.45) is 0 Å². The maximum Gasteiger partial charge on any atom is 0.347 e. The second-order valence-corrected chi connectivity index (χ2v) is 7.16. The molecule has 21 heavy (non-hydrogen) atoms. The van der Waals surface area contributed by atoms with E-state index in [0.29, 0.717) is 13.2 Å². The monoisotopic (exact) mass is 332 g/mol. The van der Waals surface area contributed by atoms with Crippen LogP contribution in [0.3, 0.4) is 0 Å². The summed E-state index contributed by atoms with van der Waals surface area (Å²) in [7, 11) is 0. The molecule has 0 aromatic heterocycles. The normalized spacial score (nSPS) is 14.7. The number of carbonyl (C=O) groups excluding carboxylic acids is 2. The molecule has 0 aromatic carbocycles. The van der Waals surface area contributed by atoms with Crippen molar-refractivity contribution in [2.45, 2.75) is 46.0 Å². The van der Waals surface area contributed by atoms with Crippen molar-refractivity contribution < 1.29 is 19.1 Å². The number of unbranched alkanes of at least 4 members (excludes halogenated alkanes) is 2. The van der Waals surface area contributed by atoms with Crippen molar-refractivity contribution in [3.8, 4) is 0 Å². The molecule has 0 amide bonds. The Morgan fingerprint density at radius 1 is 0.952 bits per heavy atom. The highest BCUT2D eigenvalue weighted by Gasteiger charge is 2.28. The SMILES string of the molecule is CCCCOC(=O)C(C(=O)OCCCC)=C1SCCCS1. The Morgan fingerprint density at radius 2 is 1.43 bits per heavy atom. The van der Waals surface area contributed by atoms with E-state index in [0.717, 1.165) is 47.8 Å². The van der Waals surface area contributed by atoms with Gasteiger partial charge in [0, 0.05) is 0 Å². The van der Waals surface area contributed by atoms with Crippen LogP contribution in [0.15, 0.2) is 9.81 Å². The van der Waals surface area contributed by atoms with E-state index < -0.39 is 11.9 Å². The van der Waals surface area contributed by atoms with Crippen molar-refractivity contribution in [1.82, 2.24) is 0 Å². The molecule has 0 unspecified atom stereocenters. The molecule has 1 heterocycles. The van der Waals surface area contributed by atoms with Gasteiger partial charge < -0.3 is 9.47 Å². The number of hydrogen-bond donors (Lipinski definition) is 0. The number of hydrogen-bond acceptors (Lipinski definition) is 6. The van der Waals surface area contributed by atoms with E-state index in [1.54, 1.807) is 23.5 Å². The predicted molar refractivity (Wildman–Crippen MR) is 88.3 cm³/mol. The highest BCUT2D eigenvalue weighted by molar-refractivity contribution is 8.22. The Hall–Kier alpha value is -0.620. The molecule has 1 fully saturated rings. The van der Waals surface area contributed by atoms with E-state index in [1.807, 2.05) is 13.8 Å². The van der Waals surface area contributed by atoms with E-state index in [9.17, 15) is 9.59 Å². The molecule has 1 aliphatic rings. The van der Waals surface area contributed by atoms with Gasteiger partial charge in [0.15, 0.2) is 5.57 Å². The van der Waals surface area contributed by atoms with Gasteiger partial charge in [-0.3, -0.25) is 0 Å². The molecule has 4 nitrogen and oxygen atoms in total. The third-order valence-electron chi connectivity index (χ3n) is 2.83. The average molecular weight is 332 g/mol. The molecular weight excluding hydrogens is 308 g/mol. The first-order valence-electron chi connectivity index (χ1n) is 7.54. The zero-order valence-electron chi connectivity index (χ0n) is 12.8. The summed E-state index contributed by atoms with van der Waals surface area (Å²) in [5, 5.41) is 0. The molecule has 1 aliphatic heterocycles. The van der Waals surface area contributed by atoms with Crippen LogP contribution in [-0.2, 0) is 19.1 Å². The van der Waals surface area contributed by atoms with Gasteiger partial charge in [0.1, 0.15) is 0 Å². The van der Waals surface area contributed by atoms with Crippen LogP contribution in [0.4, 0.5) is 0 Å². The van der Waals surface area contributed by atoms with Crippen LogP contribution in [-0.4, -0.2) is 36.7 Å². The summed E-state index contributed by atoms with van der Waals surface area (Å²) < 4.78 is 11.2. The number of thioether (sulfide) groups is 2. The van der Waals surface area contributed by atoms with E-state index in [4.69, 9.17) is 9.47 Å². The van der Waals surface area contributed by atoms with Crippen molar-refractivity contribution in [1.29, 1.82) is 0 Å². The molecular formula is C15H24O4S2. The molecule has 0 bridgehead atoms. The van der Waals surface area contributed by atoms with Gasteiger partial charge in [0.25, 0.3) is 0 Å². The topological polar surface area (TPSA) is 52.6 Å². The molecule has 0 aliphatic carbocycles. The minimum absolute atomic E-state index is 0.0944. The summed E-state index contributed by atoms with van der Waals surface area (Å²) >= 11 is 3.09. The molecule has 6 heteroatoms. The van der Waals surface area contributed by atoms with E-state index >= 15 is 0 Å². The Balaban J connectivity index is 2.73. The number of carbonyl (C=O) groups is 2. The Bertz CT molecular complexity index is 348. The first kappa shape index (κ1) is 18.4. The van der Waals surface area contributed by atoms with Gasteiger partial charge in [-0.1, -0.05) is 26.7 Å². The molecule has 0 aromatic rings. The molecule has 1 rings (SSSR count). The van der Waals surface area contributed by atoms with E-state index in [2.05, 4.69) is 0 Å². The number of ether oxygens (including phenoxy) is 2. The maximum atomic E-state index is 12.2. The van der Waals surface area contributed by atoms with Crippen LogP contribution in [0, 0.1) is 0 Å². The minimum atomic E-state index is -0.540. The van der Waals surface area contributed by atoms with Crippen molar-refractivity contribution >= 4 is 35.5 Å². The maximum absolute atomic E-state index is 12.2. The fourth-order valence-corrected chi connectivity index (χ4v) is 4.17. The summed E-state index contributed by atoms with van der Waals surface area (Å²) in [6.45, 7) is 4.76. The molecule has 120 valence electrons. The highest BCUT2D eigenvalue weighted by Crippen LogP contribution is 2.37. The third kappa shape index (κ3) is 6.78. The second-order valence-electron chi connectivity index (χ2n) is 4.69. The lowest BCUT2D eigenvalue weighted by atomic mass is 10.3. The van der Waals surface area contributed by atoms with Gasteiger partial charge in [-0.2, -0.15) is 0 Å². The lowest BCUT2D eigenvalue weighted by molar-refractivity contribution is -0.147. The molecule has 0 spiro atoms. The first-order chi connectivity index (χ1) is 10.2. The zero-order chi connectivity index (χ0) is 15.5. The van der Waals surface area contributed by atoms with Gasteiger partial charge in [0.2, 0.25) is 0 Å². The summed E-state index contributed by atoms with van der Waals surface area (Å²) in [6.07, 6.45) is 4.59. The largest absolute Gasteiger partial charge is 0.462 e. The van der Waals surface area contributed by atoms with Crippen LogP contribution in [0.1, 0.15) is 46.0 Å². The van der Waals surface area contributed by atoms with Crippen molar-refractivity contribution in [3.05, 3.63) is 9.81 Å². The van der Waals surface area contributed by atoms with Crippen LogP contribution < -0.4 is 0 Å². The lowest BCUT2D eigenvalue weighted by Gasteiger charge is -2.16. The fourth-order valence-electron chi connectivity index (χ4n) is 1.59. The Labute approximate surface area is 135 Å². The summed E-state index contributed by atoms with van der Waals surface area (Å²) in [5.74, 6) is 0.774. The molecule has 0 saturated carbocycles. The second kappa shape index (κ2) is 11.0. The summed E-state index contributed by atoms with van der Waals surface area (Å²) in [5.41, 5.74) is 0.0944. The standard InChI is InChI=1S/C15H24O4S2/c1-3-5-8-18-13(16)12(14(17)19-9-6-4-2)15-20-10-7-11-21-15/h3-11H2,1-2H3. The van der Waals surface area contributed by atoms with Crippen LogP contribution in [0.25, 0.3) is 0 Å². The quantitative estimate of drug-likeness (QED) is 0.222. The van der Waals surface area contributed by atoms with Crippen LogP contribution in [0.5, 0.6) is 0 Å². The Morgan fingerprint density at radius 3 is 1.86 bits per heavy atom. The zero-order valence-corrected chi connectivity index (χ0v) is 14.4. The smallest absolute Gasteiger partial charge is 0.347 e. The summed E-state index contributed by atoms with van der Waals surface area (Å²) in [4.78, 5) is 24.4. The number of rotatable bonds is 8. The fraction of sp³-hybridized carbons (Fsp3) is 0.733. The van der Waals surface area contributed by atoms with Crippen molar-refractivity contribution in [2.75, 3.05) is 24.7 Å². The third-order valence-corrected chi connectivity index (χ3v) is 5.45. The van der Waals surface area contributed by atoms with Gasteiger partial charge in [-0.15, -0.1) is 23.5 Å². The Kier molecular flexibility index (Phi) is 9.67. The van der Waals surface area contributed by atoms with Gasteiger partial charge in [-0.25, -0.2) is 9.59 Å². The van der Waals surface area contributed by atoms with Gasteiger partial charge >= 0.3 is 11.9 Å². The van der Waals surface area contributed by atoms with Crippen LogP contribution >= 0.6 is 23.5 Å². The van der Waals surface area contributed by atoms with E-state index in [-0.39, 0.29) is 5.57 Å². The molecule has 0 N–H and O–H groups in total. The minimum Gasteiger partial charge on any atom is -0.462 e.